The van der Waals surface area contributed by atoms with Crippen LogP contribution in [0.3, 0.4) is 0 Å². The van der Waals surface area contributed by atoms with Crippen molar-refractivity contribution in [3.63, 3.8) is 0 Å². The molecule has 1 aromatic rings. The molecule has 0 heterocycles. The number of hydrogen-bond donors (Lipinski definition) is 1. The molecule has 0 radical (unpaired) electrons. The fourth-order valence-electron chi connectivity index (χ4n) is 0.534. The second kappa shape index (κ2) is 6.65. The molecule has 0 aliphatic heterocycles. The van der Waals surface area contributed by atoms with E-state index in [0.717, 1.165) is 12.0 Å². The predicted octanol–water partition coefficient (Wildman–Crippen LogP) is 2.82. The molecule has 0 saturated carbocycles. The molecular weight excluding hydrogens is 144 g/mol. The largest absolute Gasteiger partial charge is 0.330 e. The molecular formula is C8H12OS. The zero-order chi connectivity index (χ0) is 7.82. The quantitative estimate of drug-likeness (QED) is 0.583. The topological polar surface area (TPSA) is 20.2 Å². The first-order valence-electron chi connectivity index (χ1n) is 3.00. The molecule has 10 heavy (non-hydrogen) atoms. The Morgan fingerprint density at radius 1 is 1.20 bits per heavy atom. The highest BCUT2D eigenvalue weighted by atomic mass is 32.2. The van der Waals surface area contributed by atoms with Crippen molar-refractivity contribution in [1.82, 2.24) is 0 Å². The third-order valence-electron chi connectivity index (χ3n) is 0.940. The molecule has 0 fully saturated rings. The van der Waals surface area contributed by atoms with Crippen molar-refractivity contribution < 1.29 is 4.55 Å². The molecule has 0 atom stereocenters. The van der Waals surface area contributed by atoms with Gasteiger partial charge in [0.1, 0.15) is 0 Å². The van der Waals surface area contributed by atoms with Crippen LogP contribution >= 0.6 is 12.0 Å². The summed E-state index contributed by atoms with van der Waals surface area (Å²) < 4.78 is 7.49. The maximum atomic E-state index is 7.49. The van der Waals surface area contributed by atoms with Gasteiger partial charge in [-0.2, -0.15) is 0 Å². The lowest BCUT2D eigenvalue weighted by Gasteiger charge is -1.82. The van der Waals surface area contributed by atoms with Gasteiger partial charge in [0.15, 0.2) is 0 Å². The van der Waals surface area contributed by atoms with E-state index in [4.69, 9.17) is 4.55 Å². The second-order valence-corrected chi connectivity index (χ2v) is 2.20. The van der Waals surface area contributed by atoms with Crippen molar-refractivity contribution in [3.8, 4) is 0 Å². The third kappa shape index (κ3) is 5.66. The van der Waals surface area contributed by atoms with Crippen LogP contribution < -0.4 is 0 Å². The first kappa shape index (κ1) is 9.53. The molecule has 0 aliphatic rings. The zero-order valence-corrected chi connectivity index (χ0v) is 7.06. The van der Waals surface area contributed by atoms with E-state index >= 15 is 0 Å². The number of benzene rings is 1. The van der Waals surface area contributed by atoms with E-state index in [1.54, 1.807) is 6.26 Å². The Labute approximate surface area is 66.3 Å². The maximum Gasteiger partial charge on any atom is 0.00795 e. The standard InChI is InChI=1S/C7H8.CH4OS/c1-7-5-3-2-4-6-7;1-3-2/h2-6H,1H3;2H,1H3. The summed E-state index contributed by atoms with van der Waals surface area (Å²) in [4.78, 5) is 0. The fourth-order valence-corrected chi connectivity index (χ4v) is 0.534. The summed E-state index contributed by atoms with van der Waals surface area (Å²) in [5.41, 5.74) is 1.32. The monoisotopic (exact) mass is 156 g/mol. The first-order valence-corrected chi connectivity index (χ1v) is 4.18. The van der Waals surface area contributed by atoms with Crippen molar-refractivity contribution in [2.75, 3.05) is 6.26 Å². The average Bonchev–Trinajstić information content (AvgIpc) is 1.91. The molecule has 0 spiro atoms. The highest BCUT2D eigenvalue weighted by Crippen LogP contribution is 1.92. The van der Waals surface area contributed by atoms with Gasteiger partial charge in [0.2, 0.25) is 0 Å². The Bertz CT molecular complexity index is 151. The highest BCUT2D eigenvalue weighted by Gasteiger charge is 1.72. The van der Waals surface area contributed by atoms with E-state index in [-0.39, 0.29) is 0 Å². The van der Waals surface area contributed by atoms with Crippen molar-refractivity contribution in [2.45, 2.75) is 6.92 Å². The van der Waals surface area contributed by atoms with E-state index < -0.39 is 0 Å². The van der Waals surface area contributed by atoms with Crippen LogP contribution in [0.2, 0.25) is 0 Å². The van der Waals surface area contributed by atoms with E-state index in [2.05, 4.69) is 19.1 Å². The predicted molar refractivity (Wildman–Crippen MR) is 47.3 cm³/mol. The van der Waals surface area contributed by atoms with Gasteiger partial charge >= 0.3 is 0 Å². The minimum atomic E-state index is 0.750. The molecule has 0 bridgehead atoms. The SMILES string of the molecule is CSO.Cc1ccccc1. The molecule has 0 saturated heterocycles. The molecule has 0 amide bonds. The van der Waals surface area contributed by atoms with Gasteiger partial charge in [-0.15, -0.1) is 0 Å². The Morgan fingerprint density at radius 2 is 1.60 bits per heavy atom. The van der Waals surface area contributed by atoms with Crippen LogP contribution in [0.15, 0.2) is 30.3 Å². The molecule has 1 nitrogen and oxygen atoms in total. The van der Waals surface area contributed by atoms with Crippen LogP contribution in [0.1, 0.15) is 5.56 Å². The Morgan fingerprint density at radius 3 is 1.80 bits per heavy atom. The van der Waals surface area contributed by atoms with Crippen molar-refractivity contribution in [3.05, 3.63) is 35.9 Å². The summed E-state index contributed by atoms with van der Waals surface area (Å²) in [6.07, 6.45) is 1.60. The van der Waals surface area contributed by atoms with Gasteiger partial charge in [0.05, 0.1) is 0 Å². The van der Waals surface area contributed by atoms with Crippen LogP contribution in [0, 0.1) is 6.92 Å². The summed E-state index contributed by atoms with van der Waals surface area (Å²) >= 11 is 0.750. The number of aryl methyl sites for hydroxylation is 1. The van der Waals surface area contributed by atoms with Gasteiger partial charge in [-0.05, 0) is 19.0 Å². The molecule has 0 unspecified atom stereocenters. The third-order valence-corrected chi connectivity index (χ3v) is 0.940. The minimum absolute atomic E-state index is 0.750. The van der Waals surface area contributed by atoms with Crippen LogP contribution in [-0.4, -0.2) is 10.8 Å². The van der Waals surface area contributed by atoms with Gasteiger partial charge in [-0.1, -0.05) is 35.9 Å². The first-order chi connectivity index (χ1) is 4.81. The van der Waals surface area contributed by atoms with Crippen molar-refractivity contribution in [2.24, 2.45) is 0 Å². The molecule has 2 heteroatoms. The zero-order valence-electron chi connectivity index (χ0n) is 6.24. The Kier molecular flexibility index (Phi) is 6.33. The molecule has 56 valence electrons. The van der Waals surface area contributed by atoms with Crippen LogP contribution in [-0.2, 0) is 0 Å². The maximum absolute atomic E-state index is 7.49. The fraction of sp³-hybridized carbons (Fsp3) is 0.250. The molecule has 1 aromatic carbocycles. The average molecular weight is 156 g/mol. The van der Waals surface area contributed by atoms with E-state index in [1.807, 2.05) is 18.2 Å². The summed E-state index contributed by atoms with van der Waals surface area (Å²) in [7, 11) is 0. The normalized spacial score (nSPS) is 7.90. The lowest BCUT2D eigenvalue weighted by Crippen LogP contribution is -1.62. The van der Waals surface area contributed by atoms with Gasteiger partial charge in [-0.25, -0.2) is 0 Å². The highest BCUT2D eigenvalue weighted by molar-refractivity contribution is 7.93. The molecule has 0 aromatic heterocycles. The lowest BCUT2D eigenvalue weighted by atomic mass is 10.2. The van der Waals surface area contributed by atoms with Crippen molar-refractivity contribution in [1.29, 1.82) is 0 Å². The smallest absolute Gasteiger partial charge is 0.00795 e. The van der Waals surface area contributed by atoms with Gasteiger partial charge in [-0.3, -0.25) is 0 Å². The van der Waals surface area contributed by atoms with E-state index in [9.17, 15) is 0 Å². The van der Waals surface area contributed by atoms with E-state index in [0.29, 0.717) is 0 Å². The van der Waals surface area contributed by atoms with Gasteiger partial charge < -0.3 is 4.55 Å². The summed E-state index contributed by atoms with van der Waals surface area (Å²) in [5, 5.41) is 0. The van der Waals surface area contributed by atoms with Crippen LogP contribution in [0.4, 0.5) is 0 Å². The number of rotatable bonds is 0. The Hall–Kier alpha value is -0.470. The summed E-state index contributed by atoms with van der Waals surface area (Å²) in [6, 6.07) is 10.3. The summed E-state index contributed by atoms with van der Waals surface area (Å²) in [5.74, 6) is 0. The lowest BCUT2D eigenvalue weighted by molar-refractivity contribution is 0.669. The van der Waals surface area contributed by atoms with Crippen LogP contribution in [0.25, 0.3) is 0 Å². The Balaban J connectivity index is 0.000000236. The minimum Gasteiger partial charge on any atom is -0.330 e. The second-order valence-electron chi connectivity index (χ2n) is 1.84. The van der Waals surface area contributed by atoms with Gasteiger partial charge in [0.25, 0.3) is 0 Å². The molecule has 1 N–H and O–H groups in total. The molecule has 0 aliphatic carbocycles. The summed E-state index contributed by atoms with van der Waals surface area (Å²) in [6.45, 7) is 2.08. The van der Waals surface area contributed by atoms with Crippen molar-refractivity contribution >= 4 is 12.0 Å². The van der Waals surface area contributed by atoms with E-state index in [1.165, 1.54) is 5.56 Å². The van der Waals surface area contributed by atoms with Crippen LogP contribution in [0.5, 0.6) is 0 Å². The molecule has 1 rings (SSSR count). The number of hydrogen-bond acceptors (Lipinski definition) is 2. The van der Waals surface area contributed by atoms with Gasteiger partial charge in [0, 0.05) is 6.26 Å².